The minimum Gasteiger partial charge on any atom is -0.443 e. The van der Waals surface area contributed by atoms with Crippen molar-refractivity contribution in [3.63, 3.8) is 0 Å². The average Bonchev–Trinajstić information content (AvgIpc) is 3.62. The van der Waals surface area contributed by atoms with Crippen LogP contribution in [0.5, 0.6) is 6.01 Å². The number of benzene rings is 2. The van der Waals surface area contributed by atoms with Crippen molar-refractivity contribution in [2.75, 3.05) is 32.8 Å². The van der Waals surface area contributed by atoms with Gasteiger partial charge in [-0.2, -0.15) is 4.98 Å². The number of nitrogens with one attached hydrogen (secondary N) is 1. The van der Waals surface area contributed by atoms with Crippen molar-refractivity contribution in [2.45, 2.75) is 82.5 Å². The predicted molar refractivity (Wildman–Crippen MR) is 183 cm³/mol. The molecule has 0 radical (unpaired) electrons. The molecule has 1 N–H and O–H groups in total. The Bertz CT molecular complexity index is 1930. The average molecular weight is 656 g/mol. The van der Waals surface area contributed by atoms with Gasteiger partial charge < -0.3 is 10.1 Å². The molecule has 5 heterocycles. The van der Waals surface area contributed by atoms with Gasteiger partial charge in [0.15, 0.2) is 5.82 Å². The molecular weight excluding hydrogens is 613 g/mol. The topological polar surface area (TPSA) is 66.2 Å². The molecule has 0 saturated carbocycles. The lowest BCUT2D eigenvalue weighted by atomic mass is 9.95. The highest BCUT2D eigenvalue weighted by atomic mass is 19.1. The molecule has 0 amide bonds. The normalized spacial score (nSPS) is 23.8. The summed E-state index contributed by atoms with van der Waals surface area (Å²) in [5.41, 5.74) is 0.768. The first-order valence-electron chi connectivity index (χ1n) is 17.2. The molecule has 10 heteroatoms. The maximum absolute atomic E-state index is 17.1. The molecule has 2 aromatic heterocycles. The Labute approximate surface area is 279 Å². The van der Waals surface area contributed by atoms with E-state index in [2.05, 4.69) is 29.8 Å². The number of alkyl halides is 1. The van der Waals surface area contributed by atoms with Crippen LogP contribution in [0.2, 0.25) is 0 Å². The van der Waals surface area contributed by atoms with E-state index >= 15 is 8.78 Å². The maximum Gasteiger partial charge on any atom is 0.434 e. The Balaban J connectivity index is 1.41. The van der Waals surface area contributed by atoms with Gasteiger partial charge >= 0.3 is 11.8 Å². The Morgan fingerprint density at radius 3 is 2.83 bits per heavy atom. The molecule has 0 unspecified atom stereocenters. The van der Waals surface area contributed by atoms with E-state index in [4.69, 9.17) is 26.1 Å². The first kappa shape index (κ1) is 32.5. The highest BCUT2D eigenvalue weighted by Gasteiger charge is 2.49. The minimum atomic E-state index is -0.911. The van der Waals surface area contributed by atoms with Gasteiger partial charge in [-0.05, 0) is 56.5 Å². The summed E-state index contributed by atoms with van der Waals surface area (Å²) in [4.78, 5) is 16.6. The highest BCUT2D eigenvalue weighted by Crippen LogP contribution is 2.41. The second-order valence-corrected chi connectivity index (χ2v) is 13.5. The number of aromatic nitrogens is 3. The van der Waals surface area contributed by atoms with Crippen LogP contribution in [0, 0.1) is 24.0 Å². The van der Waals surface area contributed by atoms with Crippen LogP contribution < -0.4 is 10.1 Å². The summed E-state index contributed by atoms with van der Waals surface area (Å²) < 4.78 is 54.7. The number of terminal acetylenes is 1. The summed E-state index contributed by atoms with van der Waals surface area (Å²) in [6.45, 7) is 9.11. The van der Waals surface area contributed by atoms with Crippen LogP contribution in [0.4, 0.5) is 19.0 Å². The molecule has 48 heavy (non-hydrogen) atoms. The van der Waals surface area contributed by atoms with E-state index in [0.29, 0.717) is 71.8 Å². The molecule has 0 bridgehead atoms. The standard InChI is InChI=1S/C38H42F3N6O/c1-4-26-12-7-6-8-14-30-32-35(33(41)34(43-30)28-13-9-11-24-15-16-29(40)27(5-2)31(24)28)44-37(45-36(32)46(3)20-18-42-26)48-23-38-17-10-19-47(38)22-25(39)21-38/h2,9,11,13,15-16,25-26,42H,3-4,6-8,10,12,14,17-23H2,1H3/q+1/t25-,26+,38+/m1/s1. The Morgan fingerprint density at radius 2 is 2.00 bits per heavy atom. The first-order valence-corrected chi connectivity index (χ1v) is 17.2. The fourth-order valence-electron chi connectivity index (χ4n) is 8.02. The molecule has 7 rings (SSSR count). The predicted octanol–water partition coefficient (Wildman–Crippen LogP) is 6.89. The van der Waals surface area contributed by atoms with Crippen molar-refractivity contribution in [1.82, 2.24) is 25.2 Å². The molecule has 2 saturated heterocycles. The number of fused-ring (bicyclic) bond motifs is 2. The molecule has 7 nitrogen and oxygen atoms in total. The van der Waals surface area contributed by atoms with Gasteiger partial charge in [-0.1, -0.05) is 50.0 Å². The molecular formula is C38H42F3N6O+. The van der Waals surface area contributed by atoms with E-state index < -0.39 is 23.3 Å². The summed E-state index contributed by atoms with van der Waals surface area (Å²) in [5.74, 6) is 1.67. The van der Waals surface area contributed by atoms with Gasteiger partial charge in [0.2, 0.25) is 0 Å². The molecule has 4 aromatic rings. The van der Waals surface area contributed by atoms with Crippen LogP contribution in [0.3, 0.4) is 0 Å². The fraction of sp³-hybridized carbons (Fsp3) is 0.474. The number of hydrogen-bond acceptors (Lipinski definition) is 6. The number of hydrogen-bond donors (Lipinski definition) is 1. The Kier molecular flexibility index (Phi) is 9.10. The van der Waals surface area contributed by atoms with Crippen molar-refractivity contribution in [2.24, 2.45) is 0 Å². The zero-order chi connectivity index (χ0) is 33.4. The van der Waals surface area contributed by atoms with E-state index in [0.717, 1.165) is 51.5 Å². The smallest absolute Gasteiger partial charge is 0.434 e. The van der Waals surface area contributed by atoms with Gasteiger partial charge in [0, 0.05) is 41.5 Å². The summed E-state index contributed by atoms with van der Waals surface area (Å²) in [6.07, 6.45) is 12.6. The zero-order valence-electron chi connectivity index (χ0n) is 27.5. The van der Waals surface area contributed by atoms with Crippen LogP contribution in [-0.4, -0.2) is 81.7 Å². The third-order valence-electron chi connectivity index (χ3n) is 10.5. The third-order valence-corrected chi connectivity index (χ3v) is 10.5. The van der Waals surface area contributed by atoms with E-state index in [1.807, 2.05) is 6.07 Å². The van der Waals surface area contributed by atoms with Crippen molar-refractivity contribution in [3.8, 4) is 29.6 Å². The zero-order valence-corrected chi connectivity index (χ0v) is 27.5. The van der Waals surface area contributed by atoms with Gasteiger partial charge in [0.05, 0.1) is 23.5 Å². The van der Waals surface area contributed by atoms with Gasteiger partial charge in [-0.3, -0.25) is 4.90 Å². The number of nitrogens with zero attached hydrogens (tertiary/aromatic N) is 5. The second kappa shape index (κ2) is 13.4. The summed E-state index contributed by atoms with van der Waals surface area (Å²) in [5, 5.41) is 5.23. The third kappa shape index (κ3) is 5.92. The maximum atomic E-state index is 17.1. The molecule has 250 valence electrons. The quantitative estimate of drug-likeness (QED) is 0.187. The molecule has 2 fully saturated rings. The SMILES string of the molecule is C#Cc1c(F)ccc2cccc(-c3nc4c5c(nc(OC[C@@]67CCCN6C[C@H](F)C7)nc5c3F)[N+](=C)CCN[C@@H](CC)CCCCC4)c12. The Morgan fingerprint density at radius 1 is 1.12 bits per heavy atom. The lowest BCUT2D eigenvalue weighted by molar-refractivity contribution is -0.431. The second-order valence-electron chi connectivity index (χ2n) is 13.5. The lowest BCUT2D eigenvalue weighted by Gasteiger charge is -2.30. The van der Waals surface area contributed by atoms with Gasteiger partial charge in [0.1, 0.15) is 41.7 Å². The summed E-state index contributed by atoms with van der Waals surface area (Å²) in [7, 11) is 0. The number of halogens is 3. The van der Waals surface area contributed by atoms with Gasteiger partial charge in [-0.25, -0.2) is 22.7 Å². The molecule has 3 atom stereocenters. The number of aryl methyl sites for hydroxylation is 1. The minimum absolute atomic E-state index is 0.00803. The van der Waals surface area contributed by atoms with E-state index in [-0.39, 0.29) is 29.4 Å². The highest BCUT2D eigenvalue weighted by molar-refractivity contribution is 6.02. The van der Waals surface area contributed by atoms with E-state index in [1.165, 1.54) is 6.07 Å². The van der Waals surface area contributed by atoms with Crippen molar-refractivity contribution >= 4 is 34.2 Å². The lowest BCUT2D eigenvalue weighted by Crippen LogP contribution is -2.43. The van der Waals surface area contributed by atoms with Crippen LogP contribution >= 0.6 is 0 Å². The molecule has 2 aromatic carbocycles. The largest absolute Gasteiger partial charge is 0.443 e. The molecule has 0 spiro atoms. The van der Waals surface area contributed by atoms with Crippen molar-refractivity contribution in [1.29, 1.82) is 0 Å². The van der Waals surface area contributed by atoms with Crippen molar-refractivity contribution in [3.05, 3.63) is 53.2 Å². The molecule has 0 aliphatic carbocycles. The van der Waals surface area contributed by atoms with E-state index in [9.17, 15) is 4.39 Å². The van der Waals surface area contributed by atoms with Crippen LogP contribution in [0.1, 0.15) is 69.5 Å². The summed E-state index contributed by atoms with van der Waals surface area (Å²) in [6, 6.07) is 8.69. The van der Waals surface area contributed by atoms with Crippen LogP contribution in [0.25, 0.3) is 32.9 Å². The molecule has 3 aliphatic rings. The van der Waals surface area contributed by atoms with Crippen LogP contribution in [0.15, 0.2) is 30.3 Å². The number of rotatable bonds is 5. The van der Waals surface area contributed by atoms with Gasteiger partial charge in [-0.15, -0.1) is 6.42 Å². The number of pyridine rings is 1. The van der Waals surface area contributed by atoms with Crippen LogP contribution in [-0.2, 0) is 6.42 Å². The number of ether oxygens (including phenoxy) is 1. The Hall–Kier alpha value is -4.07. The molecule has 3 aliphatic heterocycles. The van der Waals surface area contributed by atoms with E-state index in [1.54, 1.807) is 22.8 Å². The van der Waals surface area contributed by atoms with Gasteiger partial charge in [0.25, 0.3) is 0 Å². The first-order chi connectivity index (χ1) is 23.3. The monoisotopic (exact) mass is 655 g/mol. The fourth-order valence-corrected chi connectivity index (χ4v) is 8.02. The van der Waals surface area contributed by atoms with Crippen molar-refractivity contribution < 1.29 is 22.5 Å². The summed E-state index contributed by atoms with van der Waals surface area (Å²) >= 11 is 0.